The molecule has 4 heterocycles. The minimum absolute atomic E-state index is 0.0452. The van der Waals surface area contributed by atoms with Crippen LogP contribution in [0.2, 0.25) is 0 Å². The van der Waals surface area contributed by atoms with Crippen LogP contribution in [0.25, 0.3) is 0 Å². The number of aliphatic carboxylic acids is 1. The molecule has 500 valence electrons. The van der Waals surface area contributed by atoms with Gasteiger partial charge < -0.3 is 113 Å². The minimum atomic E-state index is -2.22. The van der Waals surface area contributed by atoms with Gasteiger partial charge in [-0.25, -0.2) is 9.59 Å². The van der Waals surface area contributed by atoms with Crippen LogP contribution in [0.1, 0.15) is 121 Å². The van der Waals surface area contributed by atoms with E-state index in [1.165, 1.54) is 13.8 Å². The fourth-order valence-electron chi connectivity index (χ4n) is 17.5. The van der Waals surface area contributed by atoms with Crippen LogP contribution in [-0.4, -0.2) is 247 Å². The summed E-state index contributed by atoms with van der Waals surface area (Å²) in [5.41, 5.74) is -3.40. The number of allylic oxidation sites excluding steroid dienone is 3. The first-order valence-electron chi connectivity index (χ1n) is 30.7. The highest BCUT2D eigenvalue weighted by Crippen LogP contribution is 2.76. The predicted octanol–water partition coefficient (Wildman–Crippen LogP) is -0.620. The van der Waals surface area contributed by atoms with Crippen LogP contribution in [0, 0.1) is 50.2 Å². The van der Waals surface area contributed by atoms with Crippen LogP contribution in [0.5, 0.6) is 0 Å². The first kappa shape index (κ1) is 69.0. The molecule has 0 aromatic carbocycles. The van der Waals surface area contributed by atoms with Crippen LogP contribution in [0.15, 0.2) is 23.3 Å². The maximum Gasteiger partial charge on any atom is 0.335 e. The molecule has 9 rings (SSSR count). The van der Waals surface area contributed by atoms with Gasteiger partial charge in [0.2, 0.25) is 0 Å². The van der Waals surface area contributed by atoms with Crippen molar-refractivity contribution in [3.05, 3.63) is 23.3 Å². The zero-order valence-electron chi connectivity index (χ0n) is 51.9. The summed E-state index contributed by atoms with van der Waals surface area (Å²) in [7, 11) is 0. The second-order valence-electron chi connectivity index (χ2n) is 28.2. The standard InChI is InChI=1S/C61H94O27/c1-12-25(2)51(77)88-48-49(81-27(4)65)61(24-63)29(19-56(48,5)6)28-13-14-34-58(9)17-16-35(57(7,8)33(58)15-18-59(34,10)60(28,11)20-36(61)80-26(3)64)83-55-47(87-53-42(73)40(71)39(70)32(21-62)82-53)44(43(74)45(85-55)50(75)76)84-54-46(38(69)31(67)23-79-54)86-52-41(72)37(68)30(66)22-78-52/h12-13,29-49,52-55,62-63,66-74H,14-24H2,1-11H3,(H,75,76)/b25-12-/t29-,30+,31-,32+,33-,34+,35-,36+,37-,38-,39-,40-,41+,42+,43-,44-,45-,46+,47+,48-,49-,52-,53-,54-,55+,58-,59+,60+,61-/m0/s1. The van der Waals surface area contributed by atoms with Gasteiger partial charge in [-0.15, -0.1) is 0 Å². The van der Waals surface area contributed by atoms with Gasteiger partial charge in [-0.1, -0.05) is 66.2 Å². The Bertz CT molecular complexity index is 2610. The molecule has 8 fully saturated rings. The van der Waals surface area contributed by atoms with E-state index in [-0.39, 0.29) is 18.3 Å². The van der Waals surface area contributed by atoms with Crippen molar-refractivity contribution in [2.45, 2.75) is 256 Å². The van der Waals surface area contributed by atoms with Crippen molar-refractivity contribution in [3.8, 4) is 0 Å². The van der Waals surface area contributed by atoms with Gasteiger partial charge in [0.15, 0.2) is 37.4 Å². The molecule has 0 spiro atoms. The van der Waals surface area contributed by atoms with E-state index in [1.54, 1.807) is 19.9 Å². The summed E-state index contributed by atoms with van der Waals surface area (Å²) in [5.74, 6) is -4.30. The second kappa shape index (κ2) is 25.5. The minimum Gasteiger partial charge on any atom is -0.479 e. The SMILES string of the molecule is C/C=C(/C)C(=O)O[C@H]1[C@H](OC(C)=O)[C@]2(CO)[C@H](OC(C)=O)C[C@]3(C)C(=CC[C@@H]4[C@@]5(C)CC[C@H](O[C@@H]6O[C@H](C(=O)O)[C@@H](O)[C@H](O[C@@H]7OC[C@H](O)[C@H](O)[C@H]7O[C@@H]7OC[C@@H](O)[C@H](O)[C@H]7O)[C@H]6O[C@@H]6O[C@H](CO)[C@H](O)[C@H](O)[C@H]6O)C(C)(C)[C@@H]5CC[C@]43C)[C@@H]2CC1(C)C. The van der Waals surface area contributed by atoms with E-state index >= 15 is 0 Å². The average Bonchev–Trinajstić information content (AvgIpc) is 0.678. The van der Waals surface area contributed by atoms with Crippen molar-refractivity contribution in [2.24, 2.45) is 50.2 Å². The van der Waals surface area contributed by atoms with Gasteiger partial charge in [0.25, 0.3) is 0 Å². The van der Waals surface area contributed by atoms with Gasteiger partial charge >= 0.3 is 23.9 Å². The first-order chi connectivity index (χ1) is 41.1. The largest absolute Gasteiger partial charge is 0.479 e. The first-order valence-corrected chi connectivity index (χ1v) is 30.7. The molecule has 0 radical (unpaired) electrons. The van der Waals surface area contributed by atoms with E-state index in [2.05, 4.69) is 26.8 Å². The van der Waals surface area contributed by atoms with Crippen molar-refractivity contribution in [3.63, 3.8) is 0 Å². The maximum atomic E-state index is 13.6. The molecule has 4 aliphatic heterocycles. The van der Waals surface area contributed by atoms with Gasteiger partial charge in [0, 0.05) is 24.8 Å². The lowest BCUT2D eigenvalue weighted by molar-refractivity contribution is -0.399. The molecule has 29 atom stereocenters. The third-order valence-electron chi connectivity index (χ3n) is 22.5. The van der Waals surface area contributed by atoms with Crippen LogP contribution >= 0.6 is 0 Å². The summed E-state index contributed by atoms with van der Waals surface area (Å²) < 4.78 is 67.6. The van der Waals surface area contributed by atoms with Crippen LogP contribution in [-0.2, 0) is 71.3 Å². The van der Waals surface area contributed by atoms with Crippen LogP contribution in [0.3, 0.4) is 0 Å². The molecule has 0 aromatic rings. The molecule has 27 nitrogen and oxygen atoms in total. The highest BCUT2D eigenvalue weighted by molar-refractivity contribution is 5.87. The molecule has 5 aliphatic carbocycles. The Kier molecular flexibility index (Phi) is 20.0. The van der Waals surface area contributed by atoms with Crippen molar-refractivity contribution >= 4 is 23.9 Å². The van der Waals surface area contributed by atoms with E-state index < -0.39 is 224 Å². The molecule has 27 heteroatoms. The Labute approximate surface area is 511 Å². The molecular formula is C61H94O27. The number of fused-ring (bicyclic) bond motifs is 7. The highest BCUT2D eigenvalue weighted by atomic mass is 16.8. The molecule has 0 amide bonds. The number of hydrogen-bond acceptors (Lipinski definition) is 26. The van der Waals surface area contributed by atoms with Crippen LogP contribution < -0.4 is 0 Å². The number of carbonyl (C=O) groups excluding carboxylic acids is 3. The Hall–Kier alpha value is -3.40. The van der Waals surface area contributed by atoms with Crippen molar-refractivity contribution in [1.82, 2.24) is 0 Å². The zero-order chi connectivity index (χ0) is 64.9. The summed E-state index contributed by atoms with van der Waals surface area (Å²) >= 11 is 0. The van der Waals surface area contributed by atoms with Gasteiger partial charge in [-0.2, -0.15) is 0 Å². The van der Waals surface area contributed by atoms with E-state index in [1.807, 2.05) is 27.7 Å². The number of rotatable bonds is 15. The summed E-state index contributed by atoms with van der Waals surface area (Å²) in [6.45, 7) is 17.9. The molecular weight excluding hydrogens is 1160 g/mol. The highest BCUT2D eigenvalue weighted by Gasteiger charge is 2.75. The lowest BCUT2D eigenvalue weighted by atomic mass is 9.33. The Morgan fingerprint density at radius 3 is 1.84 bits per heavy atom. The van der Waals surface area contributed by atoms with Crippen molar-refractivity contribution in [1.29, 1.82) is 0 Å². The molecule has 0 bridgehead atoms. The average molecular weight is 1260 g/mol. The van der Waals surface area contributed by atoms with Gasteiger partial charge in [-0.05, 0) is 98.2 Å². The van der Waals surface area contributed by atoms with Gasteiger partial charge in [-0.3, -0.25) is 9.59 Å². The monoisotopic (exact) mass is 1260 g/mol. The fraction of sp³-hybridized carbons (Fsp3) is 0.869. The molecule has 12 N–H and O–H groups in total. The predicted molar refractivity (Wildman–Crippen MR) is 298 cm³/mol. The summed E-state index contributed by atoms with van der Waals surface area (Å²) in [6.07, 6.45) is -30.8. The van der Waals surface area contributed by atoms with Gasteiger partial charge in [0.05, 0.1) is 37.9 Å². The Morgan fingerprint density at radius 2 is 1.23 bits per heavy atom. The number of carboxylic acid groups (broad SMARTS) is 1. The summed E-state index contributed by atoms with van der Waals surface area (Å²) in [4.78, 5) is 53.4. The topological polar surface area (TPSA) is 413 Å². The lowest BCUT2D eigenvalue weighted by Gasteiger charge is -2.72. The quantitative estimate of drug-likeness (QED) is 0.0320. The number of ether oxygens (including phenoxy) is 11. The van der Waals surface area contributed by atoms with Crippen molar-refractivity contribution in [2.75, 3.05) is 26.4 Å². The Balaban J connectivity index is 1.06. The third-order valence-corrected chi connectivity index (χ3v) is 22.5. The molecule has 4 saturated carbocycles. The summed E-state index contributed by atoms with van der Waals surface area (Å²) in [5, 5.41) is 131. The zero-order valence-corrected chi connectivity index (χ0v) is 51.9. The number of carboxylic acids is 1. The molecule has 0 unspecified atom stereocenters. The van der Waals surface area contributed by atoms with E-state index in [4.69, 9.17) is 52.1 Å². The van der Waals surface area contributed by atoms with E-state index in [9.17, 15) is 80.5 Å². The number of hydrogen-bond donors (Lipinski definition) is 12. The summed E-state index contributed by atoms with van der Waals surface area (Å²) in [6, 6.07) is 0. The Morgan fingerprint density at radius 1 is 0.614 bits per heavy atom. The normalized spacial score (nSPS) is 49.1. The smallest absolute Gasteiger partial charge is 0.335 e. The fourth-order valence-corrected chi connectivity index (χ4v) is 17.5. The van der Waals surface area contributed by atoms with Gasteiger partial charge in [0.1, 0.15) is 91.6 Å². The molecule has 4 saturated heterocycles. The van der Waals surface area contributed by atoms with E-state index in [0.29, 0.717) is 44.1 Å². The van der Waals surface area contributed by atoms with E-state index in [0.717, 1.165) is 5.57 Å². The van der Waals surface area contributed by atoms with Crippen molar-refractivity contribution < 1.29 is 133 Å². The van der Waals surface area contributed by atoms with Crippen LogP contribution in [0.4, 0.5) is 0 Å². The number of esters is 3. The lowest BCUT2D eigenvalue weighted by Crippen LogP contribution is -2.73. The second-order valence-corrected chi connectivity index (χ2v) is 28.2. The number of aliphatic hydroxyl groups is 11. The molecule has 88 heavy (non-hydrogen) atoms. The molecule has 0 aromatic heterocycles. The number of carbonyl (C=O) groups is 4. The number of aliphatic hydroxyl groups excluding tert-OH is 11. The molecule has 9 aliphatic rings. The third kappa shape index (κ3) is 11.6. The maximum absolute atomic E-state index is 13.6.